The molecule has 0 aliphatic carbocycles. The third-order valence-electron chi connectivity index (χ3n) is 3.70. The van der Waals surface area contributed by atoms with Crippen molar-refractivity contribution in [2.24, 2.45) is 5.41 Å². The molecule has 110 valence electrons. The minimum absolute atomic E-state index is 0.0382. The summed E-state index contributed by atoms with van der Waals surface area (Å²) in [7, 11) is 0. The molecule has 2 N–H and O–H groups in total. The second-order valence-electron chi connectivity index (χ2n) is 6.44. The van der Waals surface area contributed by atoms with E-state index in [0.29, 0.717) is 24.1 Å². The van der Waals surface area contributed by atoms with Gasteiger partial charge in [-0.3, -0.25) is 4.79 Å². The summed E-state index contributed by atoms with van der Waals surface area (Å²) in [6, 6.07) is 3.32. The number of rotatable bonds is 3. The van der Waals surface area contributed by atoms with E-state index in [0.717, 1.165) is 12.1 Å². The van der Waals surface area contributed by atoms with Crippen LogP contribution in [0.2, 0.25) is 0 Å². The molecule has 1 aliphatic rings. The highest BCUT2D eigenvalue weighted by Gasteiger charge is 2.29. The van der Waals surface area contributed by atoms with Crippen LogP contribution in [0.1, 0.15) is 51.3 Å². The SMILES string of the molecule is CCNC(c1cc2c(cc1F)NC(=O)CC2)C(C)(C)C. The second kappa shape index (κ2) is 5.52. The molecule has 1 unspecified atom stereocenters. The molecule has 3 nitrogen and oxygen atoms in total. The van der Waals surface area contributed by atoms with Gasteiger partial charge in [0.25, 0.3) is 0 Å². The Morgan fingerprint density at radius 2 is 2.05 bits per heavy atom. The van der Waals surface area contributed by atoms with Gasteiger partial charge in [0.05, 0.1) is 0 Å². The van der Waals surface area contributed by atoms with Crippen LogP contribution < -0.4 is 10.6 Å². The van der Waals surface area contributed by atoms with Gasteiger partial charge in [-0.2, -0.15) is 0 Å². The molecular weight excluding hydrogens is 255 g/mol. The summed E-state index contributed by atoms with van der Waals surface area (Å²) in [5.41, 5.74) is 2.25. The topological polar surface area (TPSA) is 41.1 Å². The van der Waals surface area contributed by atoms with E-state index >= 15 is 0 Å². The molecule has 0 saturated heterocycles. The molecule has 1 amide bonds. The Morgan fingerprint density at radius 3 is 2.65 bits per heavy atom. The van der Waals surface area contributed by atoms with Gasteiger partial charge in [-0.15, -0.1) is 0 Å². The highest BCUT2D eigenvalue weighted by Crippen LogP contribution is 2.37. The first-order valence-electron chi connectivity index (χ1n) is 7.18. The first-order valence-corrected chi connectivity index (χ1v) is 7.18. The summed E-state index contributed by atoms with van der Waals surface area (Å²) < 4.78 is 14.4. The molecular formula is C16H23FN2O. The Bertz CT molecular complexity index is 520. The van der Waals surface area contributed by atoms with E-state index in [2.05, 4.69) is 31.4 Å². The first kappa shape index (κ1) is 15.0. The Kier molecular flexibility index (Phi) is 4.14. The van der Waals surface area contributed by atoms with Gasteiger partial charge in [0.1, 0.15) is 5.82 Å². The number of benzene rings is 1. The number of carbonyl (C=O) groups excluding carboxylic acids is 1. The molecule has 0 radical (unpaired) electrons. The molecule has 4 heteroatoms. The lowest BCUT2D eigenvalue weighted by Gasteiger charge is -2.33. The maximum absolute atomic E-state index is 14.4. The van der Waals surface area contributed by atoms with Gasteiger partial charge < -0.3 is 10.6 Å². The molecule has 1 heterocycles. The number of nitrogens with one attached hydrogen (secondary N) is 2. The number of halogens is 1. The number of carbonyl (C=O) groups is 1. The minimum atomic E-state index is -0.258. The molecule has 0 saturated carbocycles. The van der Waals surface area contributed by atoms with Crippen LogP contribution in [-0.4, -0.2) is 12.5 Å². The van der Waals surface area contributed by atoms with Gasteiger partial charge in [-0.25, -0.2) is 4.39 Å². The molecule has 2 rings (SSSR count). The van der Waals surface area contributed by atoms with Crippen molar-refractivity contribution in [1.29, 1.82) is 0 Å². The van der Waals surface area contributed by atoms with Gasteiger partial charge in [0.2, 0.25) is 5.91 Å². The maximum Gasteiger partial charge on any atom is 0.224 e. The van der Waals surface area contributed by atoms with Crippen molar-refractivity contribution in [1.82, 2.24) is 5.32 Å². The van der Waals surface area contributed by atoms with Crippen molar-refractivity contribution in [2.45, 2.75) is 46.6 Å². The van der Waals surface area contributed by atoms with Crippen LogP contribution in [0.4, 0.5) is 10.1 Å². The number of hydrogen-bond donors (Lipinski definition) is 2. The van der Waals surface area contributed by atoms with Crippen LogP contribution in [0.5, 0.6) is 0 Å². The lowest BCUT2D eigenvalue weighted by atomic mass is 9.81. The van der Waals surface area contributed by atoms with E-state index in [9.17, 15) is 9.18 Å². The fourth-order valence-corrected chi connectivity index (χ4v) is 2.73. The standard InChI is InChI=1S/C16H23FN2O/c1-5-18-15(16(2,3)4)11-8-10-6-7-14(20)19-13(10)9-12(11)17/h8-9,15,18H,5-7H2,1-4H3,(H,19,20). The molecule has 0 aromatic heterocycles. The summed E-state index contributed by atoms with van der Waals surface area (Å²) in [5, 5.41) is 6.11. The Morgan fingerprint density at radius 1 is 1.35 bits per heavy atom. The quantitative estimate of drug-likeness (QED) is 0.889. The van der Waals surface area contributed by atoms with Gasteiger partial charge in [-0.05, 0) is 36.1 Å². The molecule has 20 heavy (non-hydrogen) atoms. The number of fused-ring (bicyclic) bond motifs is 1. The maximum atomic E-state index is 14.4. The summed E-state index contributed by atoms with van der Waals surface area (Å²) in [6.45, 7) is 9.10. The second-order valence-corrected chi connectivity index (χ2v) is 6.44. The lowest BCUT2D eigenvalue weighted by Crippen LogP contribution is -2.33. The Labute approximate surface area is 120 Å². The lowest BCUT2D eigenvalue weighted by molar-refractivity contribution is -0.116. The van der Waals surface area contributed by atoms with Crippen molar-refractivity contribution in [3.63, 3.8) is 0 Å². The number of amides is 1. The number of aryl methyl sites for hydroxylation is 1. The summed E-state index contributed by atoms with van der Waals surface area (Å²) >= 11 is 0. The molecule has 0 spiro atoms. The fraction of sp³-hybridized carbons (Fsp3) is 0.562. The van der Waals surface area contributed by atoms with E-state index in [1.165, 1.54) is 6.07 Å². The zero-order valence-electron chi connectivity index (χ0n) is 12.6. The van der Waals surface area contributed by atoms with Crippen molar-refractivity contribution in [3.8, 4) is 0 Å². The van der Waals surface area contributed by atoms with Crippen LogP contribution in [-0.2, 0) is 11.2 Å². The van der Waals surface area contributed by atoms with E-state index in [-0.39, 0.29) is 23.2 Å². The van der Waals surface area contributed by atoms with Crippen molar-refractivity contribution in [2.75, 3.05) is 11.9 Å². The van der Waals surface area contributed by atoms with Crippen LogP contribution in [0.3, 0.4) is 0 Å². The van der Waals surface area contributed by atoms with Crippen molar-refractivity contribution in [3.05, 3.63) is 29.1 Å². The van der Waals surface area contributed by atoms with E-state index < -0.39 is 0 Å². The molecule has 1 aromatic rings. The summed E-state index contributed by atoms with van der Waals surface area (Å²) in [6.07, 6.45) is 1.15. The zero-order chi connectivity index (χ0) is 14.9. The Balaban J connectivity index is 2.43. The first-order chi connectivity index (χ1) is 9.32. The van der Waals surface area contributed by atoms with Crippen molar-refractivity contribution < 1.29 is 9.18 Å². The van der Waals surface area contributed by atoms with Gasteiger partial charge in [0, 0.05) is 23.7 Å². The van der Waals surface area contributed by atoms with E-state index in [1.54, 1.807) is 0 Å². The molecule has 0 bridgehead atoms. The van der Waals surface area contributed by atoms with Gasteiger partial charge in [0.15, 0.2) is 0 Å². The highest BCUT2D eigenvalue weighted by molar-refractivity contribution is 5.93. The van der Waals surface area contributed by atoms with E-state index in [4.69, 9.17) is 0 Å². The molecule has 1 atom stereocenters. The average molecular weight is 278 g/mol. The normalized spacial score (nSPS) is 16.6. The largest absolute Gasteiger partial charge is 0.326 e. The average Bonchev–Trinajstić information content (AvgIpc) is 2.34. The van der Waals surface area contributed by atoms with Gasteiger partial charge >= 0.3 is 0 Å². The highest BCUT2D eigenvalue weighted by atomic mass is 19.1. The predicted octanol–water partition coefficient (Wildman–Crippen LogP) is 3.41. The van der Waals surface area contributed by atoms with E-state index in [1.807, 2.05) is 13.0 Å². The minimum Gasteiger partial charge on any atom is -0.326 e. The monoisotopic (exact) mass is 278 g/mol. The zero-order valence-corrected chi connectivity index (χ0v) is 12.6. The summed E-state index contributed by atoms with van der Waals surface area (Å²) in [5.74, 6) is -0.296. The molecule has 0 fully saturated rings. The third-order valence-corrected chi connectivity index (χ3v) is 3.70. The number of anilines is 1. The smallest absolute Gasteiger partial charge is 0.224 e. The fourth-order valence-electron chi connectivity index (χ4n) is 2.73. The van der Waals surface area contributed by atoms with Gasteiger partial charge in [-0.1, -0.05) is 27.7 Å². The predicted molar refractivity (Wildman–Crippen MR) is 79.2 cm³/mol. The van der Waals surface area contributed by atoms with Crippen LogP contribution in [0, 0.1) is 11.2 Å². The summed E-state index contributed by atoms with van der Waals surface area (Å²) in [4.78, 5) is 11.4. The van der Waals surface area contributed by atoms with Crippen LogP contribution in [0.25, 0.3) is 0 Å². The van der Waals surface area contributed by atoms with Crippen LogP contribution in [0.15, 0.2) is 12.1 Å². The Hall–Kier alpha value is -1.42. The molecule has 1 aromatic carbocycles. The number of hydrogen-bond acceptors (Lipinski definition) is 2. The third kappa shape index (κ3) is 3.01. The van der Waals surface area contributed by atoms with Crippen LogP contribution >= 0.6 is 0 Å². The molecule has 1 aliphatic heterocycles. The van der Waals surface area contributed by atoms with Crippen molar-refractivity contribution >= 4 is 11.6 Å².